The summed E-state index contributed by atoms with van der Waals surface area (Å²) in [5.74, 6) is 0.991. The van der Waals surface area contributed by atoms with Crippen LogP contribution < -0.4 is 25.6 Å². The van der Waals surface area contributed by atoms with Gasteiger partial charge in [0.25, 0.3) is 5.91 Å². The number of carbonyl (C=O) groups is 3. The number of likely N-dealkylation sites (tertiary alicyclic amines) is 1. The third-order valence-corrected chi connectivity index (χ3v) is 10.8. The van der Waals surface area contributed by atoms with Crippen molar-refractivity contribution in [1.82, 2.24) is 35.1 Å². The van der Waals surface area contributed by atoms with Crippen LogP contribution in [-0.4, -0.2) is 93.7 Å². The van der Waals surface area contributed by atoms with Gasteiger partial charge in [-0.2, -0.15) is 10.2 Å². The van der Waals surface area contributed by atoms with Gasteiger partial charge < -0.3 is 35.2 Å². The Labute approximate surface area is 323 Å². The number of benzene rings is 1. The largest absolute Gasteiger partial charge is 0.495 e. The fourth-order valence-electron chi connectivity index (χ4n) is 8.03. The van der Waals surface area contributed by atoms with Crippen LogP contribution in [-0.2, 0) is 14.3 Å². The normalized spacial score (nSPS) is 18.7. The van der Waals surface area contributed by atoms with Crippen molar-refractivity contribution in [3.63, 3.8) is 0 Å². The second-order valence-electron chi connectivity index (χ2n) is 16.1. The number of hydrogen-bond acceptors (Lipinski definition) is 11. The number of imidazole rings is 1. The van der Waals surface area contributed by atoms with E-state index in [9.17, 15) is 19.6 Å². The van der Waals surface area contributed by atoms with Crippen LogP contribution >= 0.6 is 0 Å². The summed E-state index contributed by atoms with van der Waals surface area (Å²) in [6.45, 7) is 12.9. The van der Waals surface area contributed by atoms with Crippen molar-refractivity contribution in [2.24, 2.45) is 11.3 Å². The van der Waals surface area contributed by atoms with E-state index < -0.39 is 11.5 Å². The molecule has 2 unspecified atom stereocenters. The van der Waals surface area contributed by atoms with Crippen LogP contribution in [0.3, 0.4) is 0 Å². The van der Waals surface area contributed by atoms with Crippen molar-refractivity contribution in [3.05, 3.63) is 47.7 Å². The van der Waals surface area contributed by atoms with Gasteiger partial charge in [-0.1, -0.05) is 47.5 Å². The van der Waals surface area contributed by atoms with Gasteiger partial charge in [0.15, 0.2) is 11.5 Å². The van der Waals surface area contributed by atoms with Crippen LogP contribution in [0.15, 0.2) is 30.7 Å². The van der Waals surface area contributed by atoms with E-state index in [1.54, 1.807) is 30.7 Å². The minimum absolute atomic E-state index is 0.0691. The average Bonchev–Trinajstić information content (AvgIpc) is 3.94. The zero-order valence-electron chi connectivity index (χ0n) is 33.0. The number of nitriles is 1. The summed E-state index contributed by atoms with van der Waals surface area (Å²) < 4.78 is 13.2. The fraction of sp³-hybridized carbons (Fsp3) is 0.575. The highest BCUT2D eigenvalue weighted by atomic mass is 16.5. The van der Waals surface area contributed by atoms with E-state index in [2.05, 4.69) is 50.7 Å². The Morgan fingerprint density at radius 3 is 2.51 bits per heavy atom. The number of fused-ring (bicyclic) bond motifs is 3. The molecule has 0 bridgehead atoms. The van der Waals surface area contributed by atoms with Gasteiger partial charge in [0.2, 0.25) is 17.8 Å². The quantitative estimate of drug-likeness (QED) is 0.199. The van der Waals surface area contributed by atoms with Gasteiger partial charge in [-0.05, 0) is 62.1 Å². The van der Waals surface area contributed by atoms with Crippen molar-refractivity contribution in [3.8, 4) is 17.5 Å². The number of nitrogens with zero attached hydrogens (tertiary/aromatic N) is 7. The van der Waals surface area contributed by atoms with Crippen LogP contribution in [0, 0.1) is 22.7 Å². The maximum Gasteiger partial charge on any atom is 0.251 e. The molecule has 1 aromatic carbocycles. The zero-order chi connectivity index (χ0) is 39.4. The molecular weight excluding hydrogens is 701 g/mol. The molecule has 1 aliphatic carbocycles. The Morgan fingerprint density at radius 2 is 1.85 bits per heavy atom. The van der Waals surface area contributed by atoms with Gasteiger partial charge in [-0.15, -0.1) is 0 Å². The summed E-state index contributed by atoms with van der Waals surface area (Å²) in [7, 11) is 1.53. The first-order chi connectivity index (χ1) is 26.3. The van der Waals surface area contributed by atoms with Gasteiger partial charge in [0.05, 0.1) is 37.3 Å². The number of nitrogens with one attached hydrogen (secondary N) is 3. The third-order valence-electron chi connectivity index (χ3n) is 10.8. The first kappa shape index (κ1) is 39.5. The van der Waals surface area contributed by atoms with Crippen molar-refractivity contribution in [2.75, 3.05) is 43.6 Å². The van der Waals surface area contributed by atoms with E-state index in [4.69, 9.17) is 14.5 Å². The maximum atomic E-state index is 13.3. The average molecular weight is 755 g/mol. The monoisotopic (exact) mass is 754 g/mol. The lowest BCUT2D eigenvalue weighted by Gasteiger charge is -2.44. The Morgan fingerprint density at radius 1 is 1.09 bits per heavy atom. The van der Waals surface area contributed by atoms with E-state index >= 15 is 0 Å². The number of aromatic nitrogens is 4. The number of amides is 3. The molecule has 3 amide bonds. The van der Waals surface area contributed by atoms with Gasteiger partial charge in [0, 0.05) is 30.7 Å². The lowest BCUT2D eigenvalue weighted by atomic mass is 9.85. The predicted octanol–water partition coefficient (Wildman–Crippen LogP) is 5.03. The van der Waals surface area contributed by atoms with Gasteiger partial charge in [0.1, 0.15) is 36.5 Å². The molecule has 15 heteroatoms. The van der Waals surface area contributed by atoms with E-state index in [0.29, 0.717) is 35.2 Å². The Hall–Kier alpha value is -5.23. The summed E-state index contributed by atoms with van der Waals surface area (Å²) in [5.41, 5.74) is 2.56. The van der Waals surface area contributed by atoms with Crippen LogP contribution in [0.4, 0.5) is 17.5 Å². The summed E-state index contributed by atoms with van der Waals surface area (Å²) in [4.78, 5) is 57.4. The molecule has 2 aromatic heterocycles. The highest BCUT2D eigenvalue weighted by Crippen LogP contribution is 2.46. The van der Waals surface area contributed by atoms with Crippen LogP contribution in [0.25, 0.3) is 5.69 Å². The van der Waals surface area contributed by atoms with Crippen molar-refractivity contribution < 1.29 is 23.9 Å². The summed E-state index contributed by atoms with van der Waals surface area (Å²) in [6, 6.07) is 7.03. The molecule has 55 heavy (non-hydrogen) atoms. The summed E-state index contributed by atoms with van der Waals surface area (Å²) in [5, 5.41) is 18.9. The van der Waals surface area contributed by atoms with Crippen LogP contribution in [0.1, 0.15) is 108 Å². The molecule has 3 N–H and O–H groups in total. The molecule has 3 aromatic rings. The molecule has 3 atom stereocenters. The predicted molar refractivity (Wildman–Crippen MR) is 207 cm³/mol. The first-order valence-corrected chi connectivity index (χ1v) is 19.4. The van der Waals surface area contributed by atoms with E-state index in [1.165, 1.54) is 7.11 Å². The molecule has 2 aliphatic heterocycles. The van der Waals surface area contributed by atoms with Crippen LogP contribution in [0.5, 0.6) is 5.75 Å². The number of hydrogen-bond donors (Lipinski definition) is 3. The minimum Gasteiger partial charge on any atom is -0.495 e. The summed E-state index contributed by atoms with van der Waals surface area (Å²) in [6.07, 6.45) is 9.74. The number of carbonyl (C=O) groups excluding carboxylic acids is 3. The van der Waals surface area contributed by atoms with E-state index in [1.807, 2.05) is 37.2 Å². The van der Waals surface area contributed by atoms with E-state index in [-0.39, 0.29) is 61.5 Å². The molecule has 294 valence electrons. The number of methoxy groups -OCH3 is 1. The molecule has 15 nitrogen and oxygen atoms in total. The molecule has 1 saturated heterocycles. The van der Waals surface area contributed by atoms with Gasteiger partial charge in [-0.25, -0.2) is 9.97 Å². The topological polar surface area (TPSA) is 180 Å². The smallest absolute Gasteiger partial charge is 0.251 e. The number of anilines is 3. The van der Waals surface area contributed by atoms with Crippen molar-refractivity contribution in [1.29, 1.82) is 5.26 Å². The minimum atomic E-state index is -0.664. The third kappa shape index (κ3) is 8.39. The second kappa shape index (κ2) is 16.6. The molecule has 1 saturated carbocycles. The zero-order valence-corrected chi connectivity index (χ0v) is 33.0. The second-order valence-corrected chi connectivity index (χ2v) is 16.1. The van der Waals surface area contributed by atoms with Gasteiger partial charge in [-0.3, -0.25) is 19.0 Å². The number of ether oxygens (including phenoxy) is 2. The molecule has 3 aliphatic rings. The lowest BCUT2D eigenvalue weighted by molar-refractivity contribution is -0.141. The first-order valence-electron chi connectivity index (χ1n) is 19.4. The standard InChI is InChI=1S/C40H54N10O5/c1-24(2)33-34-29(20-41)44-23-49(34)30-21-43-39(47-36(30)50(33)27-12-8-9-13-27)45-28-15-14-26(19-31(28)54-7)37(52)42-16-18-55-22-32(51)46-35(40(4,5)6)38(53)48-17-10-11-25(48)3/h14-15,19,21,23-25,27,33,35H,8-13,16-18,22H2,1-7H3,(H,42,52)(H,46,51)(H,43,45,47)/t25-,33?,35?/m1/s1. The fourth-order valence-corrected chi connectivity index (χ4v) is 8.03. The Balaban J connectivity index is 1.07. The highest BCUT2D eigenvalue weighted by molar-refractivity contribution is 5.95. The van der Waals surface area contributed by atoms with Crippen molar-refractivity contribution in [2.45, 2.75) is 104 Å². The number of rotatable bonds is 13. The summed E-state index contributed by atoms with van der Waals surface area (Å²) >= 11 is 0. The van der Waals surface area contributed by atoms with Gasteiger partial charge >= 0.3 is 0 Å². The lowest BCUT2D eigenvalue weighted by Crippen LogP contribution is -2.56. The Kier molecular flexibility index (Phi) is 11.9. The molecule has 0 spiro atoms. The Bertz CT molecular complexity index is 1930. The molecule has 0 radical (unpaired) electrons. The molecular formula is C40H54N10O5. The molecule has 6 rings (SSSR count). The highest BCUT2D eigenvalue weighted by Gasteiger charge is 2.42. The van der Waals surface area contributed by atoms with Crippen molar-refractivity contribution >= 4 is 35.2 Å². The van der Waals surface area contributed by atoms with E-state index in [0.717, 1.165) is 55.7 Å². The van der Waals surface area contributed by atoms with Crippen LogP contribution in [0.2, 0.25) is 0 Å². The maximum absolute atomic E-state index is 13.3. The molecule has 4 heterocycles. The SMILES string of the molecule is COc1cc(C(=O)NCCOCC(=O)NC(C(=O)N2CCC[C@H]2C)C(C)(C)C)ccc1Nc1ncc2c(n1)N(C1CCCC1)C(C(C)C)c1c(C#N)ncn1-2. The molecule has 2 fully saturated rings.